The lowest BCUT2D eigenvalue weighted by Gasteiger charge is -2.09. The summed E-state index contributed by atoms with van der Waals surface area (Å²) in [5.41, 5.74) is -1.46. The Kier molecular flexibility index (Phi) is 4.06. The van der Waals surface area contributed by atoms with Crippen molar-refractivity contribution in [1.82, 2.24) is 14.5 Å². The van der Waals surface area contributed by atoms with Crippen molar-refractivity contribution in [3.63, 3.8) is 0 Å². The second-order valence-corrected chi connectivity index (χ2v) is 4.17. The molecule has 2 aromatic heterocycles. The molecular weight excluding hydrogens is 278 g/mol. The van der Waals surface area contributed by atoms with Gasteiger partial charge in [-0.2, -0.15) is 4.98 Å². The Hall–Kier alpha value is -2.64. The van der Waals surface area contributed by atoms with Crippen molar-refractivity contribution in [3.05, 3.63) is 32.3 Å². The second kappa shape index (κ2) is 5.78. The van der Waals surface area contributed by atoms with Gasteiger partial charge in [-0.05, 0) is 13.8 Å². The molecule has 0 radical (unpaired) electrons. The molecular formula is C13H15N3O5. The summed E-state index contributed by atoms with van der Waals surface area (Å²) < 4.78 is 11.1. The van der Waals surface area contributed by atoms with E-state index in [1.165, 1.54) is 13.2 Å². The third-order valence-electron chi connectivity index (χ3n) is 2.84. The summed E-state index contributed by atoms with van der Waals surface area (Å²) in [6, 6.07) is 0.0922. The van der Waals surface area contributed by atoms with Gasteiger partial charge in [0.1, 0.15) is 10.9 Å². The van der Waals surface area contributed by atoms with Gasteiger partial charge in [-0.3, -0.25) is 14.2 Å². The van der Waals surface area contributed by atoms with Crippen LogP contribution in [0, 0.1) is 0 Å². The number of pyridine rings is 1. The van der Waals surface area contributed by atoms with E-state index in [-0.39, 0.29) is 29.2 Å². The molecule has 0 atom stereocenters. The number of hydrogen-bond donors (Lipinski definition) is 1. The highest BCUT2D eigenvalue weighted by molar-refractivity contribution is 5.92. The summed E-state index contributed by atoms with van der Waals surface area (Å²) >= 11 is 0. The summed E-state index contributed by atoms with van der Waals surface area (Å²) in [7, 11) is 1.44. The minimum absolute atomic E-state index is 0.0691. The molecule has 0 aliphatic carbocycles. The molecule has 112 valence electrons. The van der Waals surface area contributed by atoms with Gasteiger partial charge < -0.3 is 14.5 Å². The zero-order chi connectivity index (χ0) is 15.6. The van der Waals surface area contributed by atoms with Gasteiger partial charge in [0.25, 0.3) is 5.56 Å². The molecule has 0 aliphatic heterocycles. The molecule has 0 aliphatic rings. The van der Waals surface area contributed by atoms with Gasteiger partial charge in [-0.25, -0.2) is 4.79 Å². The minimum Gasteiger partial charge on any atom is -0.465 e. The minimum atomic E-state index is -0.781. The zero-order valence-electron chi connectivity index (χ0n) is 11.9. The molecule has 0 fully saturated rings. The monoisotopic (exact) mass is 293 g/mol. The number of aromatic amines is 1. The van der Waals surface area contributed by atoms with Crippen LogP contribution in [0.2, 0.25) is 0 Å². The summed E-state index contributed by atoms with van der Waals surface area (Å²) in [6.07, 6.45) is 1.19. The average Bonchev–Trinajstić information content (AvgIpc) is 2.45. The molecule has 0 unspecified atom stereocenters. The average molecular weight is 293 g/mol. The standard InChI is InChI=1S/C13H15N3O5/c1-4-20-12(19)7-6-14-10-8(9(7)17)11(18)16(3)13(15-10)21-5-2/h6H,4-5H2,1-3H3,(H,14,17). The predicted octanol–water partition coefficient (Wildman–Crippen LogP) is 0.197. The lowest BCUT2D eigenvalue weighted by Crippen LogP contribution is -2.28. The lowest BCUT2D eigenvalue weighted by atomic mass is 10.2. The van der Waals surface area contributed by atoms with Crippen molar-refractivity contribution in [2.24, 2.45) is 7.05 Å². The molecule has 0 saturated carbocycles. The van der Waals surface area contributed by atoms with Crippen molar-refractivity contribution in [3.8, 4) is 6.01 Å². The Morgan fingerprint density at radius 2 is 2.05 bits per heavy atom. The number of fused-ring (bicyclic) bond motifs is 1. The molecule has 2 aromatic rings. The number of nitrogens with zero attached hydrogens (tertiary/aromatic N) is 2. The largest absolute Gasteiger partial charge is 0.465 e. The first-order valence-corrected chi connectivity index (χ1v) is 6.43. The molecule has 0 aromatic carbocycles. The predicted molar refractivity (Wildman–Crippen MR) is 74.7 cm³/mol. The highest BCUT2D eigenvalue weighted by Gasteiger charge is 2.19. The van der Waals surface area contributed by atoms with Gasteiger partial charge in [0.05, 0.1) is 13.2 Å². The van der Waals surface area contributed by atoms with Crippen molar-refractivity contribution >= 4 is 17.0 Å². The number of aromatic nitrogens is 3. The zero-order valence-corrected chi connectivity index (χ0v) is 11.9. The number of H-pyrrole nitrogens is 1. The number of nitrogens with one attached hydrogen (secondary N) is 1. The fourth-order valence-corrected chi connectivity index (χ4v) is 1.85. The van der Waals surface area contributed by atoms with E-state index in [0.717, 1.165) is 4.57 Å². The number of carbonyl (C=O) groups is 1. The van der Waals surface area contributed by atoms with Crippen LogP contribution in [-0.2, 0) is 11.8 Å². The molecule has 0 spiro atoms. The number of esters is 1. The van der Waals surface area contributed by atoms with E-state index in [0.29, 0.717) is 6.61 Å². The van der Waals surface area contributed by atoms with Crippen LogP contribution in [0.4, 0.5) is 0 Å². The Bertz CT molecular complexity index is 806. The Morgan fingerprint density at radius 1 is 1.33 bits per heavy atom. The highest BCUT2D eigenvalue weighted by Crippen LogP contribution is 2.08. The fourth-order valence-electron chi connectivity index (χ4n) is 1.85. The van der Waals surface area contributed by atoms with E-state index in [1.54, 1.807) is 13.8 Å². The van der Waals surface area contributed by atoms with E-state index >= 15 is 0 Å². The van der Waals surface area contributed by atoms with E-state index in [4.69, 9.17) is 9.47 Å². The Balaban J connectivity index is 2.74. The van der Waals surface area contributed by atoms with Crippen molar-refractivity contribution in [2.45, 2.75) is 13.8 Å². The van der Waals surface area contributed by atoms with Gasteiger partial charge in [0, 0.05) is 13.2 Å². The maximum atomic E-state index is 12.3. The maximum absolute atomic E-state index is 12.3. The topological polar surface area (TPSA) is 103 Å². The second-order valence-electron chi connectivity index (χ2n) is 4.17. The van der Waals surface area contributed by atoms with Gasteiger partial charge in [0.15, 0.2) is 5.65 Å². The Morgan fingerprint density at radius 3 is 2.67 bits per heavy atom. The van der Waals surface area contributed by atoms with Crippen molar-refractivity contribution in [2.75, 3.05) is 13.2 Å². The van der Waals surface area contributed by atoms with Crippen LogP contribution < -0.4 is 15.7 Å². The number of hydrogen-bond acceptors (Lipinski definition) is 6. The van der Waals surface area contributed by atoms with Crippen LogP contribution in [-0.4, -0.2) is 33.7 Å². The molecule has 0 bridgehead atoms. The number of ether oxygens (including phenoxy) is 2. The van der Waals surface area contributed by atoms with Crippen LogP contribution in [0.1, 0.15) is 24.2 Å². The summed E-state index contributed by atoms with van der Waals surface area (Å²) in [5, 5.41) is -0.202. The number of carbonyl (C=O) groups excluding carboxylic acids is 1. The first kappa shape index (κ1) is 14.8. The fraction of sp³-hybridized carbons (Fsp3) is 0.385. The molecule has 8 heteroatoms. The number of rotatable bonds is 4. The van der Waals surface area contributed by atoms with E-state index in [9.17, 15) is 14.4 Å². The van der Waals surface area contributed by atoms with Crippen molar-refractivity contribution in [1.29, 1.82) is 0 Å². The quantitative estimate of drug-likeness (QED) is 0.807. The summed E-state index contributed by atoms with van der Waals surface area (Å²) in [5.74, 6) is -0.781. The molecule has 21 heavy (non-hydrogen) atoms. The van der Waals surface area contributed by atoms with Gasteiger partial charge in [-0.15, -0.1) is 0 Å². The first-order valence-electron chi connectivity index (χ1n) is 6.43. The first-order chi connectivity index (χ1) is 10.0. The Labute approximate surface area is 119 Å². The SMILES string of the molecule is CCOC(=O)c1c[nH]c2nc(OCC)n(C)c(=O)c2c1=O. The van der Waals surface area contributed by atoms with Crippen LogP contribution >= 0.6 is 0 Å². The van der Waals surface area contributed by atoms with E-state index < -0.39 is 17.0 Å². The lowest BCUT2D eigenvalue weighted by molar-refractivity contribution is 0.0524. The van der Waals surface area contributed by atoms with Crippen LogP contribution in [0.3, 0.4) is 0 Å². The third kappa shape index (κ3) is 2.51. The van der Waals surface area contributed by atoms with Crippen LogP contribution in [0.25, 0.3) is 11.0 Å². The van der Waals surface area contributed by atoms with Gasteiger partial charge in [-0.1, -0.05) is 0 Å². The van der Waals surface area contributed by atoms with Gasteiger partial charge in [0.2, 0.25) is 5.43 Å². The van der Waals surface area contributed by atoms with Crippen LogP contribution in [0.5, 0.6) is 6.01 Å². The summed E-state index contributed by atoms with van der Waals surface area (Å²) in [4.78, 5) is 42.9. The van der Waals surface area contributed by atoms with E-state index in [1.807, 2.05) is 0 Å². The highest BCUT2D eigenvalue weighted by atomic mass is 16.5. The normalized spacial score (nSPS) is 10.6. The maximum Gasteiger partial charge on any atom is 0.343 e. The molecule has 0 amide bonds. The van der Waals surface area contributed by atoms with Crippen molar-refractivity contribution < 1.29 is 14.3 Å². The third-order valence-corrected chi connectivity index (χ3v) is 2.84. The van der Waals surface area contributed by atoms with E-state index in [2.05, 4.69) is 9.97 Å². The van der Waals surface area contributed by atoms with Gasteiger partial charge >= 0.3 is 12.0 Å². The molecule has 2 heterocycles. The molecule has 8 nitrogen and oxygen atoms in total. The molecule has 0 saturated heterocycles. The molecule has 1 N–H and O–H groups in total. The van der Waals surface area contributed by atoms with Crippen LogP contribution in [0.15, 0.2) is 15.8 Å². The molecule has 2 rings (SSSR count). The smallest absolute Gasteiger partial charge is 0.343 e. The summed E-state index contributed by atoms with van der Waals surface area (Å²) in [6.45, 7) is 3.85.